The topological polar surface area (TPSA) is 116 Å². The van der Waals surface area contributed by atoms with Gasteiger partial charge in [-0.25, -0.2) is 0 Å². The van der Waals surface area contributed by atoms with Crippen molar-refractivity contribution in [2.75, 3.05) is 25.2 Å². The highest BCUT2D eigenvalue weighted by molar-refractivity contribution is 7.63. The predicted octanol–water partition coefficient (Wildman–Crippen LogP) is 6.30. The Morgan fingerprint density at radius 3 is 2.30 bits per heavy atom. The summed E-state index contributed by atoms with van der Waals surface area (Å²) in [6, 6.07) is 15.7. The van der Waals surface area contributed by atoms with Crippen molar-refractivity contribution < 1.29 is 24.1 Å². The number of halogens is 1. The minimum atomic E-state index is -2.52. The van der Waals surface area contributed by atoms with E-state index in [0.29, 0.717) is 42.4 Å². The summed E-state index contributed by atoms with van der Waals surface area (Å²) >= 11 is 5.98. The number of hydrogen-bond acceptors (Lipinski definition) is 5. The van der Waals surface area contributed by atoms with Gasteiger partial charge < -0.3 is 25.2 Å². The molecule has 240 valence electrons. The zero-order valence-corrected chi connectivity index (χ0v) is 27.6. The zero-order chi connectivity index (χ0) is 31.7. The molecule has 3 N–H and O–H groups in total. The first-order chi connectivity index (χ1) is 21.0. The molecule has 44 heavy (non-hydrogen) atoms. The summed E-state index contributed by atoms with van der Waals surface area (Å²) in [7, 11) is -2.52. The second kappa shape index (κ2) is 16.1. The van der Waals surface area contributed by atoms with Gasteiger partial charge in [-0.05, 0) is 74.8 Å². The minimum Gasteiger partial charge on any atom is -0.390 e. The fourth-order valence-electron chi connectivity index (χ4n) is 6.64. The van der Waals surface area contributed by atoms with E-state index in [1.165, 1.54) is 6.42 Å². The van der Waals surface area contributed by atoms with E-state index in [2.05, 4.69) is 10.6 Å². The molecule has 10 heteroatoms. The van der Waals surface area contributed by atoms with E-state index in [9.17, 15) is 24.1 Å². The molecule has 0 aromatic heterocycles. The van der Waals surface area contributed by atoms with Crippen molar-refractivity contribution >= 4 is 42.2 Å². The highest BCUT2D eigenvalue weighted by Crippen LogP contribution is 2.49. The molecular weight excluding hydrogens is 597 g/mol. The number of hydrogen-bond donors (Lipinski definition) is 3. The lowest BCUT2D eigenvalue weighted by molar-refractivity contribution is -0.135. The summed E-state index contributed by atoms with van der Waals surface area (Å²) in [5.74, 6) is -1.50. The molecule has 0 radical (unpaired) electrons. The van der Waals surface area contributed by atoms with Crippen LogP contribution in [-0.4, -0.2) is 65.5 Å². The van der Waals surface area contributed by atoms with Crippen LogP contribution in [0.4, 0.5) is 5.69 Å². The zero-order valence-electron chi connectivity index (χ0n) is 25.9. The van der Waals surface area contributed by atoms with Gasteiger partial charge in [-0.3, -0.25) is 14.4 Å². The summed E-state index contributed by atoms with van der Waals surface area (Å²) in [5, 5.41) is 18.0. The molecule has 1 aliphatic carbocycles. The minimum absolute atomic E-state index is 0.0493. The number of likely N-dealkylation sites (tertiary alicyclic amines) is 1. The SMILES string of the molecule is CP(C)(=O)C1CCCN1C(=O)CC(O)C(CC1CCCCC1)NC(=O)C(CC(=O)Nc1ccc(Cl)cc1)Cc1ccccc1. The van der Waals surface area contributed by atoms with Crippen LogP contribution in [-0.2, 0) is 25.4 Å². The number of aliphatic hydroxyl groups excluding tert-OH is 1. The van der Waals surface area contributed by atoms with Gasteiger partial charge in [0.15, 0.2) is 0 Å². The first-order valence-corrected chi connectivity index (χ1v) is 19.0. The number of nitrogens with zero attached hydrogens (tertiary/aromatic N) is 1. The van der Waals surface area contributed by atoms with Gasteiger partial charge in [0.25, 0.3) is 0 Å². The Balaban J connectivity index is 1.49. The normalized spacial score (nSPS) is 19.6. The maximum Gasteiger partial charge on any atom is 0.225 e. The van der Waals surface area contributed by atoms with Gasteiger partial charge in [-0.15, -0.1) is 0 Å². The van der Waals surface area contributed by atoms with Gasteiger partial charge in [-0.1, -0.05) is 74.0 Å². The van der Waals surface area contributed by atoms with Crippen LogP contribution >= 0.6 is 18.7 Å². The molecule has 1 saturated carbocycles. The summed E-state index contributed by atoms with van der Waals surface area (Å²) in [5.41, 5.74) is 1.52. The first kappa shape index (κ1) is 34.2. The maximum absolute atomic E-state index is 13.9. The van der Waals surface area contributed by atoms with Gasteiger partial charge in [0.2, 0.25) is 17.7 Å². The van der Waals surface area contributed by atoms with E-state index in [4.69, 9.17) is 11.6 Å². The number of amides is 3. The third-order valence-electron chi connectivity index (χ3n) is 9.00. The quantitative estimate of drug-likeness (QED) is 0.222. The average molecular weight is 644 g/mol. The first-order valence-electron chi connectivity index (χ1n) is 15.9. The van der Waals surface area contributed by atoms with E-state index in [0.717, 1.165) is 37.7 Å². The van der Waals surface area contributed by atoms with Crippen molar-refractivity contribution in [2.24, 2.45) is 11.8 Å². The van der Waals surface area contributed by atoms with Crippen LogP contribution in [0.15, 0.2) is 54.6 Å². The number of nitrogens with one attached hydrogen (secondary N) is 2. The third-order valence-corrected chi connectivity index (χ3v) is 11.2. The van der Waals surface area contributed by atoms with E-state index in [1.807, 2.05) is 30.3 Å². The lowest BCUT2D eigenvalue weighted by Crippen LogP contribution is -2.49. The van der Waals surface area contributed by atoms with Crippen LogP contribution in [0.5, 0.6) is 0 Å². The molecule has 4 unspecified atom stereocenters. The van der Waals surface area contributed by atoms with E-state index < -0.39 is 25.2 Å². The fraction of sp³-hybridized carbons (Fsp3) is 0.559. The lowest BCUT2D eigenvalue weighted by Gasteiger charge is -2.33. The molecule has 0 bridgehead atoms. The molecule has 1 aliphatic heterocycles. The van der Waals surface area contributed by atoms with Crippen LogP contribution in [0.3, 0.4) is 0 Å². The van der Waals surface area contributed by atoms with Crippen LogP contribution in [0.2, 0.25) is 5.02 Å². The van der Waals surface area contributed by atoms with Crippen LogP contribution in [0.25, 0.3) is 0 Å². The number of carbonyl (C=O) groups excluding carboxylic acids is 3. The molecule has 8 nitrogen and oxygen atoms in total. The predicted molar refractivity (Wildman–Crippen MR) is 176 cm³/mol. The number of benzene rings is 2. The molecule has 1 saturated heterocycles. The van der Waals surface area contributed by atoms with Gasteiger partial charge in [0, 0.05) is 23.7 Å². The van der Waals surface area contributed by atoms with E-state index in [-0.39, 0.29) is 36.3 Å². The smallest absolute Gasteiger partial charge is 0.225 e. The largest absolute Gasteiger partial charge is 0.390 e. The number of aliphatic hydroxyl groups is 1. The molecule has 0 spiro atoms. The monoisotopic (exact) mass is 643 g/mol. The van der Waals surface area contributed by atoms with Crippen molar-refractivity contribution in [1.29, 1.82) is 0 Å². The number of rotatable bonds is 13. The molecule has 2 aromatic carbocycles. The summed E-state index contributed by atoms with van der Waals surface area (Å²) in [4.78, 5) is 42.1. The highest BCUT2D eigenvalue weighted by Gasteiger charge is 2.38. The fourth-order valence-corrected chi connectivity index (χ4v) is 8.49. The lowest BCUT2D eigenvalue weighted by atomic mass is 9.83. The molecule has 2 aromatic rings. The van der Waals surface area contributed by atoms with Gasteiger partial charge in [0.05, 0.1) is 30.3 Å². The van der Waals surface area contributed by atoms with Crippen LogP contribution in [0, 0.1) is 11.8 Å². The van der Waals surface area contributed by atoms with Gasteiger partial charge in [-0.2, -0.15) is 0 Å². The van der Waals surface area contributed by atoms with Crippen molar-refractivity contribution in [3.63, 3.8) is 0 Å². The third kappa shape index (κ3) is 10.2. The molecule has 4 rings (SSSR count). The Hall–Kier alpha value is -2.67. The van der Waals surface area contributed by atoms with Crippen molar-refractivity contribution in [2.45, 2.75) is 88.6 Å². The maximum atomic E-state index is 13.9. The molecule has 3 amide bonds. The van der Waals surface area contributed by atoms with Crippen molar-refractivity contribution in [3.8, 4) is 0 Å². The molecule has 1 heterocycles. The van der Waals surface area contributed by atoms with Crippen LogP contribution < -0.4 is 10.6 Å². The van der Waals surface area contributed by atoms with Gasteiger partial charge in [0.1, 0.15) is 7.14 Å². The van der Waals surface area contributed by atoms with Crippen LogP contribution in [0.1, 0.15) is 69.8 Å². The summed E-state index contributed by atoms with van der Waals surface area (Å²) in [6.07, 6.45) is 6.57. The van der Waals surface area contributed by atoms with E-state index >= 15 is 0 Å². The molecule has 4 atom stereocenters. The summed E-state index contributed by atoms with van der Waals surface area (Å²) < 4.78 is 12.9. The Kier molecular flexibility index (Phi) is 12.5. The standard InChI is InChI=1S/C34H47ClN3O5P/c1-44(2,43)33-14-9-19-38(33)32(41)23-30(39)29(21-25-12-7-4-8-13-25)37-34(42)26(20-24-10-5-3-6-11-24)22-31(40)36-28-17-15-27(35)16-18-28/h3,5-6,10-11,15-18,25-26,29-30,33,39H,4,7-9,12-14,19-23H2,1-2H3,(H,36,40)(H,37,42). The van der Waals surface area contributed by atoms with Crippen molar-refractivity contribution in [1.82, 2.24) is 10.2 Å². The number of carbonyl (C=O) groups is 3. The number of anilines is 1. The second-order valence-corrected chi connectivity index (χ2v) is 16.8. The Morgan fingerprint density at radius 2 is 1.64 bits per heavy atom. The molecule has 2 fully saturated rings. The Morgan fingerprint density at radius 1 is 0.955 bits per heavy atom. The Bertz CT molecular complexity index is 1300. The molecule has 2 aliphatic rings. The van der Waals surface area contributed by atoms with Gasteiger partial charge >= 0.3 is 0 Å². The average Bonchev–Trinajstić information content (AvgIpc) is 3.50. The summed E-state index contributed by atoms with van der Waals surface area (Å²) in [6.45, 7) is 3.95. The van der Waals surface area contributed by atoms with Crippen molar-refractivity contribution in [3.05, 3.63) is 65.2 Å². The van der Waals surface area contributed by atoms with E-state index in [1.54, 1.807) is 42.5 Å². The highest BCUT2D eigenvalue weighted by atomic mass is 35.5. The Labute approximate surface area is 266 Å². The molecular formula is C34H47ClN3O5P. The second-order valence-electron chi connectivity index (χ2n) is 12.9.